The summed E-state index contributed by atoms with van der Waals surface area (Å²) in [6, 6.07) is 4.39. The first kappa shape index (κ1) is 19.3. The van der Waals surface area contributed by atoms with E-state index in [0.29, 0.717) is 6.42 Å². The van der Waals surface area contributed by atoms with Crippen LogP contribution >= 0.6 is 0 Å². The molecule has 0 bridgehead atoms. The average molecular weight is 370 g/mol. The smallest absolute Gasteiger partial charge is 0.270 e. The lowest BCUT2D eigenvalue weighted by atomic mass is 10.1. The summed E-state index contributed by atoms with van der Waals surface area (Å²) in [5.41, 5.74) is 5.55. The van der Waals surface area contributed by atoms with E-state index in [-0.39, 0.29) is 42.7 Å². The highest BCUT2D eigenvalue weighted by Crippen LogP contribution is 2.22. The third-order valence-electron chi connectivity index (χ3n) is 4.13. The van der Waals surface area contributed by atoms with Gasteiger partial charge in [-0.1, -0.05) is 19.4 Å². The van der Waals surface area contributed by atoms with Gasteiger partial charge in [0.05, 0.1) is 15.9 Å². The molecule has 9 nitrogen and oxygen atoms in total. The molecular weight excluding hydrogens is 348 g/mol. The largest absolute Gasteiger partial charge is 0.339 e. The van der Waals surface area contributed by atoms with E-state index in [4.69, 9.17) is 5.73 Å². The molecule has 0 spiro atoms. The van der Waals surface area contributed by atoms with Crippen molar-refractivity contribution in [3.63, 3.8) is 0 Å². The Labute approximate surface area is 146 Å². The molecule has 1 aliphatic rings. The number of non-ortho nitro benzene ring substituents is 1. The van der Waals surface area contributed by atoms with Gasteiger partial charge in [-0.2, -0.15) is 4.31 Å². The molecule has 1 unspecified atom stereocenters. The van der Waals surface area contributed by atoms with E-state index in [0.717, 1.165) is 12.5 Å². The Morgan fingerprint density at radius 2 is 1.96 bits per heavy atom. The molecule has 2 N–H and O–H groups in total. The van der Waals surface area contributed by atoms with Crippen LogP contribution in [-0.2, 0) is 14.8 Å². The van der Waals surface area contributed by atoms with Crippen LogP contribution < -0.4 is 5.73 Å². The summed E-state index contributed by atoms with van der Waals surface area (Å²) in [6.45, 7) is 2.72. The number of sulfonamides is 1. The maximum absolute atomic E-state index is 12.7. The minimum absolute atomic E-state index is 0.121. The molecule has 138 valence electrons. The van der Waals surface area contributed by atoms with Crippen LogP contribution in [0.1, 0.15) is 19.8 Å². The number of rotatable bonds is 6. The van der Waals surface area contributed by atoms with Crippen LogP contribution in [0.3, 0.4) is 0 Å². The first-order chi connectivity index (χ1) is 11.8. The Morgan fingerprint density at radius 1 is 1.32 bits per heavy atom. The zero-order chi connectivity index (χ0) is 18.6. The SMILES string of the molecule is CCCC(N)C(=O)N1CCN(S(=O)(=O)c2cccc([N+](=O)[O-])c2)CC1. The van der Waals surface area contributed by atoms with E-state index in [1.54, 1.807) is 4.90 Å². The van der Waals surface area contributed by atoms with Gasteiger partial charge in [0, 0.05) is 38.3 Å². The number of carbonyl (C=O) groups excluding carboxylic acids is 1. The molecule has 0 radical (unpaired) electrons. The molecule has 10 heteroatoms. The normalized spacial score (nSPS) is 17.3. The summed E-state index contributed by atoms with van der Waals surface area (Å²) in [6.07, 6.45) is 1.39. The number of carbonyl (C=O) groups is 1. The second kappa shape index (κ2) is 7.89. The highest BCUT2D eigenvalue weighted by molar-refractivity contribution is 7.89. The van der Waals surface area contributed by atoms with Crippen LogP contribution in [0.15, 0.2) is 29.2 Å². The van der Waals surface area contributed by atoms with E-state index in [1.807, 2.05) is 6.92 Å². The van der Waals surface area contributed by atoms with Gasteiger partial charge in [0.15, 0.2) is 0 Å². The van der Waals surface area contributed by atoms with Crippen LogP contribution in [0, 0.1) is 10.1 Å². The van der Waals surface area contributed by atoms with E-state index in [9.17, 15) is 23.3 Å². The zero-order valence-electron chi connectivity index (χ0n) is 14.0. The Hall–Kier alpha value is -2.04. The topological polar surface area (TPSA) is 127 Å². The lowest BCUT2D eigenvalue weighted by molar-refractivity contribution is -0.385. The van der Waals surface area contributed by atoms with Gasteiger partial charge in [-0.05, 0) is 12.5 Å². The predicted molar refractivity (Wildman–Crippen MR) is 91.3 cm³/mol. The van der Waals surface area contributed by atoms with Crippen molar-refractivity contribution in [1.82, 2.24) is 9.21 Å². The van der Waals surface area contributed by atoms with Crippen molar-refractivity contribution in [2.75, 3.05) is 26.2 Å². The summed E-state index contributed by atoms with van der Waals surface area (Å²) in [5.74, 6) is -0.172. The van der Waals surface area contributed by atoms with Gasteiger partial charge in [0.25, 0.3) is 5.69 Å². The molecule has 25 heavy (non-hydrogen) atoms. The van der Waals surface area contributed by atoms with E-state index in [1.165, 1.54) is 22.5 Å². The van der Waals surface area contributed by atoms with E-state index in [2.05, 4.69) is 0 Å². The fraction of sp³-hybridized carbons (Fsp3) is 0.533. The van der Waals surface area contributed by atoms with Crippen molar-refractivity contribution in [2.24, 2.45) is 5.73 Å². The van der Waals surface area contributed by atoms with E-state index >= 15 is 0 Å². The molecule has 1 aromatic carbocycles. The van der Waals surface area contributed by atoms with Gasteiger partial charge in [-0.15, -0.1) is 0 Å². The number of nitro benzene ring substituents is 1. The van der Waals surface area contributed by atoms with Gasteiger partial charge in [-0.25, -0.2) is 8.42 Å². The monoisotopic (exact) mass is 370 g/mol. The predicted octanol–water partition coefficient (Wildman–Crippen LogP) is 0.555. The second-order valence-electron chi connectivity index (χ2n) is 5.88. The maximum atomic E-state index is 12.7. The Kier molecular flexibility index (Phi) is 6.09. The molecule has 1 amide bonds. The van der Waals surface area contributed by atoms with Crippen molar-refractivity contribution in [2.45, 2.75) is 30.7 Å². The van der Waals surface area contributed by atoms with E-state index < -0.39 is 21.0 Å². The average Bonchev–Trinajstić information content (AvgIpc) is 2.61. The molecule has 1 aromatic rings. The van der Waals surface area contributed by atoms with Gasteiger partial charge in [-0.3, -0.25) is 14.9 Å². The quantitative estimate of drug-likeness (QED) is 0.576. The van der Waals surface area contributed by atoms with Gasteiger partial charge in [0.1, 0.15) is 0 Å². The summed E-state index contributed by atoms with van der Waals surface area (Å²) >= 11 is 0. The van der Waals surface area contributed by atoms with Crippen LogP contribution in [0.4, 0.5) is 5.69 Å². The molecule has 2 rings (SSSR count). The van der Waals surface area contributed by atoms with Crippen molar-refractivity contribution >= 4 is 21.6 Å². The first-order valence-electron chi connectivity index (χ1n) is 8.06. The Morgan fingerprint density at radius 3 is 2.52 bits per heavy atom. The summed E-state index contributed by atoms with van der Waals surface area (Å²) in [4.78, 5) is 23.8. The molecule has 1 atom stereocenters. The number of benzene rings is 1. The number of hydrogen-bond acceptors (Lipinski definition) is 6. The molecule has 1 fully saturated rings. The lowest BCUT2D eigenvalue weighted by Crippen LogP contribution is -2.54. The van der Waals surface area contributed by atoms with Crippen LogP contribution in [0.2, 0.25) is 0 Å². The zero-order valence-corrected chi connectivity index (χ0v) is 14.8. The second-order valence-corrected chi connectivity index (χ2v) is 7.82. The first-order valence-corrected chi connectivity index (χ1v) is 9.50. The van der Waals surface area contributed by atoms with Crippen LogP contribution in [0.5, 0.6) is 0 Å². The summed E-state index contributed by atoms with van der Waals surface area (Å²) in [7, 11) is -3.84. The van der Waals surface area contributed by atoms with Gasteiger partial charge < -0.3 is 10.6 Å². The Bertz CT molecular complexity index is 744. The molecule has 1 heterocycles. The minimum Gasteiger partial charge on any atom is -0.339 e. The number of nitrogens with zero attached hydrogens (tertiary/aromatic N) is 3. The maximum Gasteiger partial charge on any atom is 0.270 e. The molecule has 1 saturated heterocycles. The lowest BCUT2D eigenvalue weighted by Gasteiger charge is -2.35. The third kappa shape index (κ3) is 4.33. The number of amides is 1. The Balaban J connectivity index is 2.08. The number of hydrogen-bond donors (Lipinski definition) is 1. The van der Waals surface area contributed by atoms with Crippen LogP contribution in [0.25, 0.3) is 0 Å². The molecule has 0 aliphatic carbocycles. The third-order valence-corrected chi connectivity index (χ3v) is 6.03. The molecule has 0 saturated carbocycles. The number of nitrogens with two attached hydrogens (primary N) is 1. The highest BCUT2D eigenvalue weighted by atomic mass is 32.2. The number of piperazine rings is 1. The molecule has 0 aromatic heterocycles. The summed E-state index contributed by atoms with van der Waals surface area (Å²) in [5, 5.41) is 10.8. The van der Waals surface area contributed by atoms with Crippen LogP contribution in [-0.4, -0.2) is 60.7 Å². The molecule has 1 aliphatic heterocycles. The van der Waals surface area contributed by atoms with Crippen molar-refractivity contribution in [1.29, 1.82) is 0 Å². The standard InChI is InChI=1S/C15H22N4O5S/c1-2-4-14(16)15(20)17-7-9-18(10-8-17)25(23,24)13-6-3-5-12(11-13)19(21)22/h3,5-6,11,14H,2,4,7-10,16H2,1H3. The van der Waals surface area contributed by atoms with Gasteiger partial charge >= 0.3 is 0 Å². The van der Waals surface area contributed by atoms with Crippen molar-refractivity contribution < 1.29 is 18.1 Å². The summed E-state index contributed by atoms with van der Waals surface area (Å²) < 4.78 is 26.5. The highest BCUT2D eigenvalue weighted by Gasteiger charge is 2.32. The minimum atomic E-state index is -3.84. The van der Waals surface area contributed by atoms with Crippen molar-refractivity contribution in [3.05, 3.63) is 34.4 Å². The van der Waals surface area contributed by atoms with Gasteiger partial charge in [0.2, 0.25) is 15.9 Å². The fourth-order valence-electron chi connectivity index (χ4n) is 2.72. The number of nitro groups is 1. The fourth-order valence-corrected chi connectivity index (χ4v) is 4.19. The van der Waals surface area contributed by atoms with Crippen molar-refractivity contribution in [3.8, 4) is 0 Å². The molecular formula is C15H22N4O5S.